The lowest BCUT2D eigenvalue weighted by Gasteiger charge is -2.34. The molecule has 23 heavy (non-hydrogen) atoms. The number of aromatic nitrogens is 1. The molecule has 5 nitrogen and oxygen atoms in total. The van der Waals surface area contributed by atoms with Gasteiger partial charge in [-0.3, -0.25) is 10.1 Å². The first-order chi connectivity index (χ1) is 10.5. The lowest BCUT2D eigenvalue weighted by atomic mass is 9.82. The van der Waals surface area contributed by atoms with Crippen molar-refractivity contribution in [3.8, 4) is 0 Å². The summed E-state index contributed by atoms with van der Waals surface area (Å²) in [7, 11) is 0. The molecule has 2 rings (SSSR count). The molecule has 1 N–H and O–H groups in total. The number of hydrogen-bond donors (Lipinski definition) is 1. The lowest BCUT2D eigenvalue weighted by molar-refractivity contribution is -0.383. The third kappa shape index (κ3) is 4.18. The molecule has 0 aliphatic heterocycles. The summed E-state index contributed by atoms with van der Waals surface area (Å²) >= 11 is 0. The van der Waals surface area contributed by atoms with Crippen molar-refractivity contribution in [2.75, 3.05) is 5.32 Å². The number of pyridine rings is 1. The van der Waals surface area contributed by atoms with Crippen LogP contribution in [0.4, 0.5) is 11.5 Å². The Bertz CT molecular complexity index is 746. The standard InChI is InChI=1S/C18H25N3O2/c1-12-10-14-13(8-7-9-15(14)21(22)23)16(19-12)20-18(5,6)11-17(2,3)4/h7-10H,11H2,1-6H3,(H,19,20). The number of nitro groups is 1. The normalized spacial score (nSPS) is 12.4. The fraction of sp³-hybridized carbons (Fsp3) is 0.500. The second kappa shape index (κ2) is 5.80. The lowest BCUT2D eigenvalue weighted by Crippen LogP contribution is -2.35. The number of nitro benzene ring substituents is 1. The van der Waals surface area contributed by atoms with Crippen LogP contribution in [0, 0.1) is 22.5 Å². The molecule has 0 atom stereocenters. The zero-order valence-corrected chi connectivity index (χ0v) is 14.7. The molecule has 0 bridgehead atoms. The Morgan fingerprint density at radius 1 is 1.17 bits per heavy atom. The van der Waals surface area contributed by atoms with Gasteiger partial charge in [0, 0.05) is 22.7 Å². The quantitative estimate of drug-likeness (QED) is 0.631. The van der Waals surface area contributed by atoms with Crippen LogP contribution in [-0.4, -0.2) is 15.4 Å². The summed E-state index contributed by atoms with van der Waals surface area (Å²) in [5.41, 5.74) is 0.879. The summed E-state index contributed by atoms with van der Waals surface area (Å²) in [4.78, 5) is 15.5. The predicted molar refractivity (Wildman–Crippen MR) is 94.9 cm³/mol. The van der Waals surface area contributed by atoms with Crippen LogP contribution in [0.15, 0.2) is 24.3 Å². The molecule has 0 unspecified atom stereocenters. The first-order valence-corrected chi connectivity index (χ1v) is 7.81. The van der Waals surface area contributed by atoms with Crippen LogP contribution in [0.3, 0.4) is 0 Å². The van der Waals surface area contributed by atoms with Gasteiger partial charge in [0.1, 0.15) is 5.82 Å². The molecule has 124 valence electrons. The molecule has 1 heterocycles. The molecule has 0 aliphatic rings. The maximum absolute atomic E-state index is 11.3. The van der Waals surface area contributed by atoms with Gasteiger partial charge >= 0.3 is 0 Å². The highest BCUT2D eigenvalue weighted by atomic mass is 16.6. The van der Waals surface area contributed by atoms with Gasteiger partial charge in [-0.25, -0.2) is 4.98 Å². The summed E-state index contributed by atoms with van der Waals surface area (Å²) in [5, 5.41) is 16.2. The molecular formula is C18H25N3O2. The Hall–Kier alpha value is -2.17. The minimum atomic E-state index is -0.341. The minimum Gasteiger partial charge on any atom is -0.365 e. The largest absolute Gasteiger partial charge is 0.365 e. The highest BCUT2D eigenvalue weighted by molar-refractivity contribution is 5.98. The van der Waals surface area contributed by atoms with E-state index < -0.39 is 0 Å². The third-order valence-electron chi connectivity index (χ3n) is 3.61. The van der Waals surface area contributed by atoms with Gasteiger partial charge in [-0.1, -0.05) is 32.9 Å². The first-order valence-electron chi connectivity index (χ1n) is 7.81. The van der Waals surface area contributed by atoms with Gasteiger partial charge in [0.2, 0.25) is 0 Å². The number of nitrogens with one attached hydrogen (secondary N) is 1. The Balaban J connectivity index is 2.53. The highest BCUT2D eigenvalue weighted by Crippen LogP contribution is 2.34. The molecule has 0 fully saturated rings. The van der Waals surface area contributed by atoms with Gasteiger partial charge in [-0.2, -0.15) is 0 Å². The van der Waals surface area contributed by atoms with Crippen molar-refractivity contribution in [3.05, 3.63) is 40.1 Å². The fourth-order valence-corrected chi connectivity index (χ4v) is 3.33. The van der Waals surface area contributed by atoms with Crippen LogP contribution in [0.2, 0.25) is 0 Å². The molecule has 1 aromatic carbocycles. The van der Waals surface area contributed by atoms with Crippen LogP contribution in [-0.2, 0) is 0 Å². The van der Waals surface area contributed by atoms with Crippen molar-refractivity contribution in [3.63, 3.8) is 0 Å². The average molecular weight is 315 g/mol. The summed E-state index contributed by atoms with van der Waals surface area (Å²) in [6.07, 6.45) is 0.950. The van der Waals surface area contributed by atoms with Gasteiger partial charge in [0.15, 0.2) is 0 Å². The minimum absolute atomic E-state index is 0.115. The van der Waals surface area contributed by atoms with E-state index in [2.05, 4.69) is 44.9 Å². The number of non-ortho nitro benzene ring substituents is 1. The Morgan fingerprint density at radius 3 is 2.39 bits per heavy atom. The first kappa shape index (κ1) is 17.2. The Kier molecular flexibility index (Phi) is 4.33. The summed E-state index contributed by atoms with van der Waals surface area (Å²) in [5.74, 6) is 0.706. The van der Waals surface area contributed by atoms with Gasteiger partial charge in [0.05, 0.1) is 10.3 Å². The monoisotopic (exact) mass is 315 g/mol. The zero-order chi connectivity index (χ0) is 17.4. The maximum Gasteiger partial charge on any atom is 0.277 e. The second-order valence-electron chi connectivity index (χ2n) is 7.99. The molecular weight excluding hydrogens is 290 g/mol. The third-order valence-corrected chi connectivity index (χ3v) is 3.61. The number of aryl methyl sites for hydroxylation is 1. The van der Waals surface area contributed by atoms with E-state index in [0.717, 1.165) is 17.5 Å². The number of nitrogens with zero attached hydrogens (tertiary/aromatic N) is 2. The molecule has 0 saturated carbocycles. The summed E-state index contributed by atoms with van der Waals surface area (Å²) < 4.78 is 0. The molecule has 0 saturated heterocycles. The molecule has 0 spiro atoms. The van der Waals surface area contributed by atoms with E-state index in [4.69, 9.17) is 0 Å². The molecule has 0 radical (unpaired) electrons. The van der Waals surface area contributed by atoms with Crippen LogP contribution in [0.5, 0.6) is 0 Å². The van der Waals surface area contributed by atoms with E-state index in [0.29, 0.717) is 11.2 Å². The van der Waals surface area contributed by atoms with Crippen molar-refractivity contribution >= 4 is 22.3 Å². The van der Waals surface area contributed by atoms with E-state index in [1.807, 2.05) is 13.0 Å². The molecule has 5 heteroatoms. The van der Waals surface area contributed by atoms with Crippen LogP contribution < -0.4 is 5.32 Å². The van der Waals surface area contributed by atoms with Crippen molar-refractivity contribution < 1.29 is 4.92 Å². The predicted octanol–water partition coefficient (Wildman–Crippen LogP) is 5.08. The van der Waals surface area contributed by atoms with E-state index in [-0.39, 0.29) is 21.6 Å². The number of anilines is 1. The number of rotatable bonds is 4. The number of hydrogen-bond acceptors (Lipinski definition) is 4. The topological polar surface area (TPSA) is 68.1 Å². The molecule has 2 aromatic rings. The van der Waals surface area contributed by atoms with E-state index in [1.165, 1.54) is 6.07 Å². The van der Waals surface area contributed by atoms with Crippen molar-refractivity contribution in [1.29, 1.82) is 0 Å². The van der Waals surface area contributed by atoms with Crippen molar-refractivity contribution in [1.82, 2.24) is 4.98 Å². The smallest absolute Gasteiger partial charge is 0.277 e. The van der Waals surface area contributed by atoms with E-state index in [1.54, 1.807) is 12.1 Å². The zero-order valence-electron chi connectivity index (χ0n) is 14.7. The van der Waals surface area contributed by atoms with Gasteiger partial charge in [0.25, 0.3) is 5.69 Å². The summed E-state index contributed by atoms with van der Waals surface area (Å²) in [6, 6.07) is 6.89. The van der Waals surface area contributed by atoms with Gasteiger partial charge in [-0.05, 0) is 38.7 Å². The second-order valence-corrected chi connectivity index (χ2v) is 7.99. The maximum atomic E-state index is 11.3. The van der Waals surface area contributed by atoms with Crippen LogP contribution >= 0.6 is 0 Å². The Labute approximate surface area is 137 Å². The number of benzene rings is 1. The molecule has 0 amide bonds. The SMILES string of the molecule is Cc1cc2c([N+](=O)[O-])cccc2c(NC(C)(C)CC(C)(C)C)n1. The van der Waals surface area contributed by atoms with Gasteiger partial charge < -0.3 is 5.32 Å². The Morgan fingerprint density at radius 2 is 1.83 bits per heavy atom. The van der Waals surface area contributed by atoms with Crippen LogP contribution in [0.25, 0.3) is 10.8 Å². The van der Waals surface area contributed by atoms with E-state index >= 15 is 0 Å². The molecule has 1 aromatic heterocycles. The van der Waals surface area contributed by atoms with Crippen LogP contribution in [0.1, 0.15) is 46.7 Å². The average Bonchev–Trinajstić information content (AvgIpc) is 2.33. The fourth-order valence-electron chi connectivity index (χ4n) is 3.33. The molecule has 0 aliphatic carbocycles. The van der Waals surface area contributed by atoms with Crippen molar-refractivity contribution in [2.45, 2.75) is 53.5 Å². The van der Waals surface area contributed by atoms with E-state index in [9.17, 15) is 10.1 Å². The highest BCUT2D eigenvalue weighted by Gasteiger charge is 2.27. The van der Waals surface area contributed by atoms with Gasteiger partial charge in [-0.15, -0.1) is 0 Å². The summed E-state index contributed by atoms with van der Waals surface area (Å²) in [6.45, 7) is 12.7. The van der Waals surface area contributed by atoms with Crippen molar-refractivity contribution in [2.24, 2.45) is 5.41 Å². The number of fused-ring (bicyclic) bond motifs is 1.